The molecule has 2 aliphatic rings. The molecule has 498 valence electrons. The van der Waals surface area contributed by atoms with E-state index in [2.05, 4.69) is 104 Å². The normalized spacial score (nSPS) is 23.9. The molecule has 0 aliphatic carbocycles. The molecule has 14 heteroatoms. The molecule has 9 N–H and O–H groups in total. The van der Waals surface area contributed by atoms with Crippen molar-refractivity contribution in [3.63, 3.8) is 0 Å². The van der Waals surface area contributed by atoms with Gasteiger partial charge in [-0.25, -0.2) is 0 Å². The number of allylic oxidation sites excluding steroid dienone is 14. The summed E-state index contributed by atoms with van der Waals surface area (Å²) in [6.07, 6.45) is 60.2. The zero-order valence-electron chi connectivity index (χ0n) is 54.0. The first-order valence-electron chi connectivity index (χ1n) is 34.8. The van der Waals surface area contributed by atoms with E-state index < -0.39 is 86.8 Å². The molecule has 0 aromatic carbocycles. The number of hydrogen-bond acceptors (Lipinski definition) is 13. The number of ether oxygens (including phenoxy) is 4. The van der Waals surface area contributed by atoms with Crippen molar-refractivity contribution in [2.75, 3.05) is 19.8 Å². The number of rotatable bonds is 56. The third-order valence-corrected chi connectivity index (χ3v) is 16.6. The van der Waals surface area contributed by atoms with Crippen LogP contribution in [0.5, 0.6) is 0 Å². The predicted molar refractivity (Wildman–Crippen MR) is 350 cm³/mol. The molecular formula is C72H127NO13. The van der Waals surface area contributed by atoms with E-state index in [9.17, 15) is 45.6 Å². The summed E-state index contributed by atoms with van der Waals surface area (Å²) in [4.78, 5) is 13.3. The maximum absolute atomic E-state index is 13.3. The largest absolute Gasteiger partial charge is 0.394 e. The molecule has 0 aromatic heterocycles. The third-order valence-electron chi connectivity index (χ3n) is 16.6. The molecule has 2 rings (SSSR count). The van der Waals surface area contributed by atoms with Crippen LogP contribution in [0.1, 0.15) is 271 Å². The van der Waals surface area contributed by atoms with Gasteiger partial charge in [0.05, 0.1) is 32.0 Å². The van der Waals surface area contributed by atoms with Crippen LogP contribution in [-0.2, 0) is 23.7 Å². The first-order valence-corrected chi connectivity index (χ1v) is 34.8. The second-order valence-corrected chi connectivity index (χ2v) is 24.3. The van der Waals surface area contributed by atoms with E-state index in [0.717, 1.165) is 103 Å². The van der Waals surface area contributed by atoms with Gasteiger partial charge in [-0.3, -0.25) is 4.79 Å². The Morgan fingerprint density at radius 3 is 1.23 bits per heavy atom. The van der Waals surface area contributed by atoms with Gasteiger partial charge in [-0.15, -0.1) is 0 Å². The Kier molecular flexibility index (Phi) is 51.8. The second kappa shape index (κ2) is 56.2. The predicted octanol–water partition coefficient (Wildman–Crippen LogP) is 14.0. The lowest BCUT2D eigenvalue weighted by atomic mass is 9.97. The van der Waals surface area contributed by atoms with Crippen LogP contribution in [-0.4, -0.2) is 140 Å². The van der Waals surface area contributed by atoms with E-state index in [0.29, 0.717) is 12.8 Å². The number of carbonyl (C=O) groups is 1. The number of hydrogen-bond donors (Lipinski definition) is 9. The van der Waals surface area contributed by atoms with Crippen LogP contribution in [0.2, 0.25) is 0 Å². The van der Waals surface area contributed by atoms with E-state index in [1.807, 2.05) is 0 Å². The van der Waals surface area contributed by atoms with Crippen molar-refractivity contribution in [3.05, 3.63) is 85.1 Å². The average Bonchev–Trinajstić information content (AvgIpc) is 2.46. The lowest BCUT2D eigenvalue weighted by molar-refractivity contribution is -0.359. The van der Waals surface area contributed by atoms with Crippen molar-refractivity contribution in [1.82, 2.24) is 5.32 Å². The molecule has 0 spiro atoms. The molecule has 12 atom stereocenters. The standard InChI is InChI=1S/C72H127NO13/c1-3-5-7-9-11-13-15-17-19-21-22-23-24-25-26-27-28-29-30-31-32-33-34-35-36-37-38-40-42-44-46-48-50-52-54-56-64(77)73-60(61(76)55-53-51-49-47-45-43-41-39-20-18-16-14-12-10-8-6-4-2)59-83-71-69(82)67(80)70(63(58-75)85-71)86-72-68(81)66(79)65(78)62(57-74)84-72/h5,7,11,13,17,19,22-23,25-26,28-29,31-32,60-63,65-72,74-76,78-82H,3-4,6,8-10,12,14-16,18,20-21,24,27,30,33-59H2,1-2H3,(H,73,77)/b7-5-,13-11-,19-17-,23-22-,26-25-,29-28-,32-31-. The fourth-order valence-electron chi connectivity index (χ4n) is 11.1. The first kappa shape index (κ1) is 79.3. The maximum atomic E-state index is 13.3. The minimum atomic E-state index is -1.79. The minimum Gasteiger partial charge on any atom is -0.394 e. The van der Waals surface area contributed by atoms with Crippen LogP contribution in [0.15, 0.2) is 85.1 Å². The molecule has 0 saturated carbocycles. The molecule has 86 heavy (non-hydrogen) atoms. The molecule has 2 fully saturated rings. The van der Waals surface area contributed by atoms with E-state index in [-0.39, 0.29) is 12.5 Å². The first-order chi connectivity index (χ1) is 42.1. The number of nitrogens with one attached hydrogen (secondary N) is 1. The van der Waals surface area contributed by atoms with E-state index in [1.165, 1.54) is 141 Å². The van der Waals surface area contributed by atoms with Gasteiger partial charge in [-0.2, -0.15) is 0 Å². The number of amides is 1. The monoisotopic (exact) mass is 1210 g/mol. The summed E-state index contributed by atoms with van der Waals surface area (Å²) in [7, 11) is 0. The molecule has 2 aliphatic heterocycles. The van der Waals surface area contributed by atoms with Gasteiger partial charge in [0.15, 0.2) is 12.6 Å². The fourth-order valence-corrected chi connectivity index (χ4v) is 11.1. The van der Waals surface area contributed by atoms with Crippen molar-refractivity contribution in [2.45, 2.75) is 344 Å². The Hall–Kier alpha value is -2.83. The summed E-state index contributed by atoms with van der Waals surface area (Å²) in [5, 5.41) is 87.5. The van der Waals surface area contributed by atoms with Crippen LogP contribution in [0, 0.1) is 0 Å². The van der Waals surface area contributed by atoms with E-state index in [4.69, 9.17) is 18.9 Å². The molecular weight excluding hydrogens is 1090 g/mol. The Morgan fingerprint density at radius 2 is 0.802 bits per heavy atom. The third kappa shape index (κ3) is 40.0. The topological polar surface area (TPSA) is 228 Å². The van der Waals surface area contributed by atoms with Crippen LogP contribution < -0.4 is 5.32 Å². The summed E-state index contributed by atoms with van der Waals surface area (Å²) >= 11 is 0. The highest BCUT2D eigenvalue weighted by Gasteiger charge is 2.51. The second-order valence-electron chi connectivity index (χ2n) is 24.3. The lowest BCUT2D eigenvalue weighted by Crippen LogP contribution is -2.65. The summed E-state index contributed by atoms with van der Waals surface area (Å²) < 4.78 is 22.9. The Balaban J connectivity index is 1.63. The van der Waals surface area contributed by atoms with Gasteiger partial charge in [-0.05, 0) is 70.6 Å². The van der Waals surface area contributed by atoms with Crippen LogP contribution >= 0.6 is 0 Å². The quantitative estimate of drug-likeness (QED) is 0.0204. The highest BCUT2D eigenvalue weighted by molar-refractivity contribution is 5.76. The van der Waals surface area contributed by atoms with Gasteiger partial charge < -0.3 is 65.1 Å². The van der Waals surface area contributed by atoms with E-state index >= 15 is 0 Å². The van der Waals surface area contributed by atoms with Crippen molar-refractivity contribution < 1.29 is 64.6 Å². The highest BCUT2D eigenvalue weighted by atomic mass is 16.7. The van der Waals surface area contributed by atoms with Gasteiger partial charge in [0, 0.05) is 6.42 Å². The summed E-state index contributed by atoms with van der Waals surface area (Å²) in [6.45, 7) is 2.76. The van der Waals surface area contributed by atoms with E-state index in [1.54, 1.807) is 0 Å². The van der Waals surface area contributed by atoms with Gasteiger partial charge in [-0.1, -0.05) is 279 Å². The molecule has 0 bridgehead atoms. The Bertz CT molecular complexity index is 1770. The van der Waals surface area contributed by atoms with Crippen LogP contribution in [0.25, 0.3) is 0 Å². The summed E-state index contributed by atoms with van der Waals surface area (Å²) in [5.74, 6) is -0.209. The lowest BCUT2D eigenvalue weighted by Gasteiger charge is -2.46. The van der Waals surface area contributed by atoms with Crippen molar-refractivity contribution >= 4 is 5.91 Å². The van der Waals surface area contributed by atoms with Gasteiger partial charge >= 0.3 is 0 Å². The van der Waals surface area contributed by atoms with Gasteiger partial charge in [0.2, 0.25) is 5.91 Å². The fraction of sp³-hybridized carbons (Fsp3) is 0.792. The molecule has 1 amide bonds. The minimum absolute atomic E-state index is 0.209. The molecule has 2 saturated heterocycles. The summed E-state index contributed by atoms with van der Waals surface area (Å²) in [6, 6.07) is -0.834. The van der Waals surface area contributed by atoms with Crippen molar-refractivity contribution in [1.29, 1.82) is 0 Å². The zero-order valence-corrected chi connectivity index (χ0v) is 54.0. The molecule has 14 nitrogen and oxygen atoms in total. The van der Waals surface area contributed by atoms with Gasteiger partial charge in [0.1, 0.15) is 48.8 Å². The number of aliphatic hydroxyl groups excluding tert-OH is 8. The zero-order chi connectivity index (χ0) is 62.3. The van der Waals surface area contributed by atoms with Crippen molar-refractivity contribution in [2.24, 2.45) is 0 Å². The van der Waals surface area contributed by atoms with Crippen molar-refractivity contribution in [3.8, 4) is 0 Å². The van der Waals surface area contributed by atoms with Gasteiger partial charge in [0.25, 0.3) is 0 Å². The SMILES string of the molecule is CC/C=C\C/C=C\C/C=C\C/C=C\C/C=C\C/C=C\C/C=C\CCCCCCCCCCCCCCCC(=O)NC(COC1OC(CO)C(OC2OC(CO)C(O)C(O)C2O)C(O)C1O)C(O)CCCCCCCCCCCCCCCCCCC. The maximum Gasteiger partial charge on any atom is 0.220 e. The summed E-state index contributed by atoms with van der Waals surface area (Å²) in [5.41, 5.74) is 0. The molecule has 0 aromatic rings. The number of carbonyl (C=O) groups excluding carboxylic acids is 1. The molecule has 2 heterocycles. The Morgan fingerprint density at radius 1 is 0.430 bits per heavy atom. The molecule has 0 radical (unpaired) electrons. The number of unbranched alkanes of at least 4 members (excludes halogenated alkanes) is 29. The average molecular weight is 1210 g/mol. The van der Waals surface area contributed by atoms with Crippen LogP contribution in [0.4, 0.5) is 0 Å². The Labute approximate surface area is 522 Å². The van der Waals surface area contributed by atoms with Crippen LogP contribution in [0.3, 0.4) is 0 Å². The molecule has 12 unspecified atom stereocenters. The highest BCUT2D eigenvalue weighted by Crippen LogP contribution is 2.30. The number of aliphatic hydroxyl groups is 8. The smallest absolute Gasteiger partial charge is 0.220 e.